The molecule has 4 aromatic rings. The summed E-state index contributed by atoms with van der Waals surface area (Å²) < 4.78 is 1.75. The Labute approximate surface area is 119 Å². The molecule has 2 aromatic carbocycles. The van der Waals surface area contributed by atoms with Crippen LogP contribution in [-0.4, -0.2) is 19.7 Å². The van der Waals surface area contributed by atoms with E-state index in [9.17, 15) is 4.79 Å². The molecule has 2 aromatic heterocycles. The van der Waals surface area contributed by atoms with Gasteiger partial charge in [-0.3, -0.25) is 4.98 Å². The monoisotopic (exact) mass is 276 g/mol. The first-order valence-corrected chi connectivity index (χ1v) is 6.65. The molecule has 0 saturated heterocycles. The van der Waals surface area contributed by atoms with E-state index in [1.807, 2.05) is 60.7 Å². The van der Waals surface area contributed by atoms with Crippen molar-refractivity contribution in [1.82, 2.24) is 19.7 Å². The van der Waals surface area contributed by atoms with Crippen molar-refractivity contribution in [3.63, 3.8) is 0 Å². The quantitative estimate of drug-likeness (QED) is 0.591. The zero-order chi connectivity index (χ0) is 14.2. The summed E-state index contributed by atoms with van der Waals surface area (Å²) in [6.07, 6.45) is 0. The van der Waals surface area contributed by atoms with Crippen LogP contribution in [-0.2, 0) is 0 Å². The van der Waals surface area contributed by atoms with Crippen molar-refractivity contribution in [2.75, 3.05) is 0 Å². The Bertz CT molecular complexity index is 873. The number of rotatable bonds is 2. The molecular weight excluding hydrogens is 264 g/mol. The van der Waals surface area contributed by atoms with Gasteiger partial charge in [-0.15, -0.1) is 0 Å². The van der Waals surface area contributed by atoms with Crippen LogP contribution in [0.3, 0.4) is 0 Å². The number of hydrogen-bond donors (Lipinski definition) is 2. The second-order valence-corrected chi connectivity index (χ2v) is 4.76. The Morgan fingerprint density at radius 2 is 1.52 bits per heavy atom. The largest absolute Gasteiger partial charge is 0.325 e. The number of imidazole rings is 1. The van der Waals surface area contributed by atoms with Crippen LogP contribution in [0.15, 0.2) is 65.5 Å². The van der Waals surface area contributed by atoms with Crippen LogP contribution >= 0.6 is 0 Å². The van der Waals surface area contributed by atoms with Gasteiger partial charge in [0.25, 0.3) is 0 Å². The number of nitrogens with one attached hydrogen (secondary N) is 2. The van der Waals surface area contributed by atoms with Gasteiger partial charge in [0.2, 0.25) is 0 Å². The topological polar surface area (TPSA) is 66.5 Å². The maximum Gasteiger partial charge on any atom is 0.325 e. The van der Waals surface area contributed by atoms with Crippen LogP contribution < -0.4 is 5.69 Å². The van der Waals surface area contributed by atoms with E-state index in [0.717, 1.165) is 22.5 Å². The summed E-state index contributed by atoms with van der Waals surface area (Å²) in [4.78, 5) is 17.3. The highest BCUT2D eigenvalue weighted by atomic mass is 16.1. The number of benzene rings is 2. The number of H-pyrrole nitrogens is 2. The van der Waals surface area contributed by atoms with E-state index in [2.05, 4.69) is 15.1 Å². The summed E-state index contributed by atoms with van der Waals surface area (Å²) in [6.45, 7) is 0. The Hall–Kier alpha value is -3.08. The second-order valence-electron chi connectivity index (χ2n) is 4.76. The van der Waals surface area contributed by atoms with Crippen LogP contribution in [0.25, 0.3) is 28.1 Å². The first-order chi connectivity index (χ1) is 10.3. The molecule has 0 bridgehead atoms. The van der Waals surface area contributed by atoms with Crippen molar-refractivity contribution in [1.29, 1.82) is 0 Å². The SMILES string of the molecule is O=c1[nH]c2c(-c3ccccc3)nn(-c3ccccc3)c2[nH]1. The fraction of sp³-hybridized carbons (Fsp3) is 0. The molecule has 0 amide bonds. The highest BCUT2D eigenvalue weighted by molar-refractivity contribution is 5.88. The molecule has 5 heteroatoms. The molecule has 4 rings (SSSR count). The van der Waals surface area contributed by atoms with Crippen molar-refractivity contribution < 1.29 is 0 Å². The maximum atomic E-state index is 11.7. The van der Waals surface area contributed by atoms with Crippen molar-refractivity contribution in [2.24, 2.45) is 0 Å². The molecule has 102 valence electrons. The minimum atomic E-state index is -0.232. The zero-order valence-corrected chi connectivity index (χ0v) is 11.1. The van der Waals surface area contributed by atoms with E-state index < -0.39 is 0 Å². The third kappa shape index (κ3) is 1.87. The Balaban J connectivity index is 2.04. The van der Waals surface area contributed by atoms with Crippen molar-refractivity contribution in [2.45, 2.75) is 0 Å². The third-order valence-corrected chi connectivity index (χ3v) is 3.40. The van der Waals surface area contributed by atoms with Crippen LogP contribution in [0.4, 0.5) is 0 Å². The molecule has 0 radical (unpaired) electrons. The van der Waals surface area contributed by atoms with Crippen molar-refractivity contribution >= 4 is 11.2 Å². The minimum absolute atomic E-state index is 0.232. The van der Waals surface area contributed by atoms with E-state index in [1.54, 1.807) is 4.68 Å². The lowest BCUT2D eigenvalue weighted by Gasteiger charge is -2.00. The Morgan fingerprint density at radius 3 is 2.24 bits per heavy atom. The lowest BCUT2D eigenvalue weighted by Crippen LogP contribution is -2.04. The molecular formula is C16H12N4O. The van der Waals surface area contributed by atoms with Gasteiger partial charge >= 0.3 is 5.69 Å². The molecule has 0 aliphatic heterocycles. The predicted octanol–water partition coefficient (Wildman–Crippen LogP) is 2.71. The summed E-state index contributed by atoms with van der Waals surface area (Å²) >= 11 is 0. The number of aromatic amines is 2. The lowest BCUT2D eigenvalue weighted by molar-refractivity contribution is 0.897. The summed E-state index contributed by atoms with van der Waals surface area (Å²) in [7, 11) is 0. The molecule has 21 heavy (non-hydrogen) atoms. The zero-order valence-electron chi connectivity index (χ0n) is 11.1. The Morgan fingerprint density at radius 1 is 0.857 bits per heavy atom. The van der Waals surface area contributed by atoms with Crippen LogP contribution in [0.2, 0.25) is 0 Å². The number of aromatic nitrogens is 4. The normalized spacial score (nSPS) is 11.0. The van der Waals surface area contributed by atoms with Gasteiger partial charge in [-0.25, -0.2) is 9.48 Å². The lowest BCUT2D eigenvalue weighted by atomic mass is 10.1. The van der Waals surface area contributed by atoms with E-state index in [0.29, 0.717) is 5.65 Å². The van der Waals surface area contributed by atoms with Crippen molar-refractivity contribution in [3.8, 4) is 16.9 Å². The van der Waals surface area contributed by atoms with Gasteiger partial charge in [-0.05, 0) is 12.1 Å². The van der Waals surface area contributed by atoms with E-state index >= 15 is 0 Å². The highest BCUT2D eigenvalue weighted by Crippen LogP contribution is 2.26. The molecule has 2 heterocycles. The van der Waals surface area contributed by atoms with Crippen LogP contribution in [0.5, 0.6) is 0 Å². The first kappa shape index (κ1) is 11.7. The predicted molar refractivity (Wildman–Crippen MR) is 81.5 cm³/mol. The first-order valence-electron chi connectivity index (χ1n) is 6.65. The third-order valence-electron chi connectivity index (χ3n) is 3.40. The summed E-state index contributed by atoms with van der Waals surface area (Å²) in [6, 6.07) is 19.5. The maximum absolute atomic E-state index is 11.7. The smallest absolute Gasteiger partial charge is 0.302 e. The van der Waals surface area contributed by atoms with Gasteiger partial charge in [0.15, 0.2) is 5.65 Å². The van der Waals surface area contributed by atoms with Crippen LogP contribution in [0, 0.1) is 0 Å². The van der Waals surface area contributed by atoms with Crippen LogP contribution in [0.1, 0.15) is 0 Å². The molecule has 0 aliphatic carbocycles. The highest BCUT2D eigenvalue weighted by Gasteiger charge is 2.16. The average Bonchev–Trinajstić information content (AvgIpc) is 3.06. The van der Waals surface area contributed by atoms with Gasteiger partial charge in [0, 0.05) is 5.56 Å². The molecule has 0 saturated carbocycles. The molecule has 0 spiro atoms. The number of fused-ring (bicyclic) bond motifs is 1. The van der Waals surface area contributed by atoms with E-state index in [4.69, 9.17) is 0 Å². The standard InChI is InChI=1S/C16H12N4O/c21-16-17-14-13(11-7-3-1-4-8-11)19-20(15(14)18-16)12-9-5-2-6-10-12/h1-10H,(H2,17,18,21). The second kappa shape index (κ2) is 4.49. The van der Waals surface area contributed by atoms with Gasteiger partial charge in [-0.1, -0.05) is 48.5 Å². The Kier molecular flexibility index (Phi) is 2.50. The minimum Gasteiger partial charge on any atom is -0.302 e. The number of para-hydroxylation sites is 1. The summed E-state index contributed by atoms with van der Waals surface area (Å²) in [5.74, 6) is 0. The summed E-state index contributed by atoms with van der Waals surface area (Å²) in [5, 5.41) is 4.65. The van der Waals surface area contributed by atoms with Crippen molar-refractivity contribution in [3.05, 3.63) is 71.1 Å². The van der Waals surface area contributed by atoms with Gasteiger partial charge < -0.3 is 4.98 Å². The fourth-order valence-corrected chi connectivity index (χ4v) is 2.46. The molecule has 0 atom stereocenters. The van der Waals surface area contributed by atoms with Gasteiger partial charge in [-0.2, -0.15) is 5.10 Å². The van der Waals surface area contributed by atoms with E-state index in [-0.39, 0.29) is 5.69 Å². The fourth-order valence-electron chi connectivity index (χ4n) is 2.46. The average molecular weight is 276 g/mol. The number of hydrogen-bond acceptors (Lipinski definition) is 2. The molecule has 5 nitrogen and oxygen atoms in total. The molecule has 0 aliphatic rings. The van der Waals surface area contributed by atoms with Gasteiger partial charge in [0.1, 0.15) is 11.2 Å². The molecule has 2 N–H and O–H groups in total. The molecule has 0 fully saturated rings. The van der Waals surface area contributed by atoms with E-state index in [1.165, 1.54) is 0 Å². The summed E-state index contributed by atoms with van der Waals surface area (Å²) in [5.41, 5.74) is 3.78. The van der Waals surface area contributed by atoms with Gasteiger partial charge in [0.05, 0.1) is 5.69 Å². The number of nitrogens with zero attached hydrogens (tertiary/aromatic N) is 2. The molecule has 0 unspecified atom stereocenters.